The van der Waals surface area contributed by atoms with E-state index >= 15 is 0 Å². The quantitative estimate of drug-likeness (QED) is 0.509. The Balaban J connectivity index is 2.25. The molecule has 2 aromatic rings. The Morgan fingerprint density at radius 2 is 1.86 bits per heavy atom. The van der Waals surface area contributed by atoms with Crippen molar-refractivity contribution in [2.45, 2.75) is 25.9 Å². The molecule has 1 atom stereocenters. The first-order chi connectivity index (χ1) is 13.8. The molecule has 1 N–H and O–H groups in total. The van der Waals surface area contributed by atoms with Crippen molar-refractivity contribution in [3.05, 3.63) is 61.5 Å². The summed E-state index contributed by atoms with van der Waals surface area (Å²) in [6.45, 7) is 1.69. The van der Waals surface area contributed by atoms with Gasteiger partial charge in [0.15, 0.2) is 6.61 Å². The highest BCUT2D eigenvalue weighted by Crippen LogP contribution is 2.28. The van der Waals surface area contributed by atoms with E-state index < -0.39 is 6.04 Å². The number of carbonyl (C=O) groups is 2. The van der Waals surface area contributed by atoms with Gasteiger partial charge < -0.3 is 15.0 Å². The molecule has 0 aromatic heterocycles. The predicted molar refractivity (Wildman–Crippen MR) is 120 cm³/mol. The van der Waals surface area contributed by atoms with Crippen molar-refractivity contribution >= 4 is 62.5 Å². The van der Waals surface area contributed by atoms with Gasteiger partial charge in [-0.15, -0.1) is 0 Å². The molecule has 0 saturated carbocycles. The Morgan fingerprint density at radius 1 is 1.14 bits per heavy atom. The monoisotopic (exact) mass is 520 g/mol. The highest BCUT2D eigenvalue weighted by atomic mass is 79.9. The number of amides is 2. The van der Waals surface area contributed by atoms with E-state index in [4.69, 9.17) is 39.5 Å². The fourth-order valence-corrected chi connectivity index (χ4v) is 3.93. The van der Waals surface area contributed by atoms with Gasteiger partial charge in [-0.25, -0.2) is 0 Å². The van der Waals surface area contributed by atoms with Gasteiger partial charge in [0.25, 0.3) is 5.91 Å². The van der Waals surface area contributed by atoms with Crippen LogP contribution in [0.2, 0.25) is 15.1 Å². The number of rotatable bonds is 8. The molecule has 5 nitrogen and oxygen atoms in total. The Bertz CT molecular complexity index is 895. The minimum absolute atomic E-state index is 0.137. The third-order valence-corrected chi connectivity index (χ3v) is 5.61. The van der Waals surface area contributed by atoms with Gasteiger partial charge in [0.1, 0.15) is 11.8 Å². The molecule has 0 fully saturated rings. The first kappa shape index (κ1) is 23.8. The third-order valence-electron chi connectivity index (χ3n) is 4.23. The van der Waals surface area contributed by atoms with Gasteiger partial charge in [-0.2, -0.15) is 0 Å². The van der Waals surface area contributed by atoms with E-state index in [0.29, 0.717) is 32.8 Å². The Morgan fingerprint density at radius 3 is 2.45 bits per heavy atom. The number of likely N-dealkylation sites (N-methyl/N-ethyl adjacent to an activating group) is 1. The first-order valence-electron chi connectivity index (χ1n) is 8.79. The lowest BCUT2D eigenvalue weighted by Crippen LogP contribution is -2.49. The zero-order chi connectivity index (χ0) is 21.6. The van der Waals surface area contributed by atoms with Crippen molar-refractivity contribution in [3.63, 3.8) is 0 Å². The van der Waals surface area contributed by atoms with Crippen molar-refractivity contribution in [3.8, 4) is 5.75 Å². The third kappa shape index (κ3) is 6.51. The number of carbonyl (C=O) groups excluding carboxylic acids is 2. The minimum Gasteiger partial charge on any atom is -0.482 e. The number of halogens is 4. The summed E-state index contributed by atoms with van der Waals surface area (Å²) in [5, 5.41) is 3.87. The Kier molecular flexibility index (Phi) is 9.08. The maximum atomic E-state index is 13.0. The normalized spacial score (nSPS) is 11.7. The van der Waals surface area contributed by atoms with Crippen molar-refractivity contribution in [2.24, 2.45) is 0 Å². The van der Waals surface area contributed by atoms with Crippen LogP contribution in [0.3, 0.4) is 0 Å². The number of hydrogen-bond donors (Lipinski definition) is 1. The molecule has 2 rings (SSSR count). The lowest BCUT2D eigenvalue weighted by atomic mass is 10.1. The predicted octanol–water partition coefficient (Wildman–Crippen LogP) is 5.34. The molecular weight excluding hydrogens is 502 g/mol. The smallest absolute Gasteiger partial charge is 0.261 e. The van der Waals surface area contributed by atoms with Crippen LogP contribution in [0, 0.1) is 0 Å². The largest absolute Gasteiger partial charge is 0.482 e. The molecule has 2 amide bonds. The summed E-state index contributed by atoms with van der Waals surface area (Å²) in [6.07, 6.45) is 0.426. The van der Waals surface area contributed by atoms with Gasteiger partial charge in [0.05, 0.1) is 5.02 Å². The number of ether oxygens (including phenoxy) is 1. The molecule has 0 aliphatic carbocycles. The summed E-state index contributed by atoms with van der Waals surface area (Å²) >= 11 is 21.7. The number of benzene rings is 2. The molecule has 156 valence electrons. The summed E-state index contributed by atoms with van der Waals surface area (Å²) in [5.41, 5.74) is 0.674. The number of nitrogens with zero attached hydrogens (tertiary/aromatic N) is 1. The van der Waals surface area contributed by atoms with E-state index in [2.05, 4.69) is 21.2 Å². The molecule has 29 heavy (non-hydrogen) atoms. The Hall–Kier alpha value is -1.47. The van der Waals surface area contributed by atoms with Gasteiger partial charge in [-0.3, -0.25) is 9.59 Å². The highest BCUT2D eigenvalue weighted by molar-refractivity contribution is 9.10. The minimum atomic E-state index is -0.678. The van der Waals surface area contributed by atoms with Crippen LogP contribution in [0.1, 0.15) is 18.9 Å². The summed E-state index contributed by atoms with van der Waals surface area (Å²) in [6, 6.07) is 9.43. The zero-order valence-electron chi connectivity index (χ0n) is 15.8. The topological polar surface area (TPSA) is 58.6 Å². The SMILES string of the molecule is CC[C@H](C(=O)NC)N(Cc1ccc(Cl)cc1Cl)C(=O)COc1ccc(Br)cc1Cl. The van der Waals surface area contributed by atoms with E-state index in [-0.39, 0.29) is 25.0 Å². The highest BCUT2D eigenvalue weighted by Gasteiger charge is 2.29. The molecule has 0 aliphatic heterocycles. The maximum absolute atomic E-state index is 13.0. The van der Waals surface area contributed by atoms with E-state index in [1.54, 1.807) is 36.4 Å². The molecule has 0 unspecified atom stereocenters. The number of nitrogens with one attached hydrogen (secondary N) is 1. The van der Waals surface area contributed by atoms with Gasteiger partial charge in [0.2, 0.25) is 5.91 Å². The average Bonchev–Trinajstić information content (AvgIpc) is 2.68. The molecule has 0 radical (unpaired) electrons. The molecule has 0 aliphatic rings. The lowest BCUT2D eigenvalue weighted by molar-refractivity contribution is -0.142. The Labute approximate surface area is 193 Å². The van der Waals surface area contributed by atoms with E-state index in [9.17, 15) is 9.59 Å². The second-order valence-corrected chi connectivity index (χ2v) is 8.33. The van der Waals surface area contributed by atoms with Crippen LogP contribution in [-0.4, -0.2) is 36.4 Å². The molecule has 0 spiro atoms. The van der Waals surface area contributed by atoms with E-state index in [0.717, 1.165) is 4.47 Å². The summed E-state index contributed by atoms with van der Waals surface area (Å²) in [7, 11) is 1.53. The number of hydrogen-bond acceptors (Lipinski definition) is 3. The van der Waals surface area contributed by atoms with Crippen LogP contribution in [0.4, 0.5) is 0 Å². The van der Waals surface area contributed by atoms with Gasteiger partial charge in [0, 0.05) is 28.1 Å². The fraction of sp³-hybridized carbons (Fsp3) is 0.300. The van der Waals surface area contributed by atoms with Crippen LogP contribution < -0.4 is 10.1 Å². The molecule has 9 heteroatoms. The molecule has 0 bridgehead atoms. The maximum Gasteiger partial charge on any atom is 0.261 e. The second-order valence-electron chi connectivity index (χ2n) is 6.16. The van der Waals surface area contributed by atoms with Crippen molar-refractivity contribution in [1.29, 1.82) is 0 Å². The van der Waals surface area contributed by atoms with Crippen LogP contribution >= 0.6 is 50.7 Å². The van der Waals surface area contributed by atoms with E-state index in [1.807, 2.05) is 6.92 Å². The summed E-state index contributed by atoms with van der Waals surface area (Å²) < 4.78 is 6.40. The van der Waals surface area contributed by atoms with Crippen molar-refractivity contribution in [2.75, 3.05) is 13.7 Å². The first-order valence-corrected chi connectivity index (χ1v) is 10.7. The summed E-state index contributed by atoms with van der Waals surface area (Å²) in [5.74, 6) is -0.265. The fourth-order valence-electron chi connectivity index (χ4n) is 2.73. The van der Waals surface area contributed by atoms with Gasteiger partial charge in [-0.1, -0.05) is 63.7 Å². The van der Waals surface area contributed by atoms with E-state index in [1.165, 1.54) is 11.9 Å². The van der Waals surface area contributed by atoms with Crippen LogP contribution in [-0.2, 0) is 16.1 Å². The lowest BCUT2D eigenvalue weighted by Gasteiger charge is -2.30. The van der Waals surface area contributed by atoms with Crippen LogP contribution in [0.25, 0.3) is 0 Å². The van der Waals surface area contributed by atoms with Crippen molar-refractivity contribution < 1.29 is 14.3 Å². The molecule has 2 aromatic carbocycles. The summed E-state index contributed by atoms with van der Waals surface area (Å²) in [4.78, 5) is 26.8. The molecule has 0 heterocycles. The van der Waals surface area contributed by atoms with Crippen LogP contribution in [0.15, 0.2) is 40.9 Å². The second kappa shape index (κ2) is 11.1. The average molecular weight is 523 g/mol. The van der Waals surface area contributed by atoms with Gasteiger partial charge >= 0.3 is 0 Å². The molecular formula is C20H20BrCl3N2O3. The zero-order valence-corrected chi connectivity index (χ0v) is 19.7. The molecule has 0 saturated heterocycles. The van der Waals surface area contributed by atoms with Gasteiger partial charge in [-0.05, 0) is 42.3 Å². The van der Waals surface area contributed by atoms with Crippen molar-refractivity contribution in [1.82, 2.24) is 10.2 Å². The standard InChI is InChI=1S/C20H20BrCl3N2O3/c1-3-17(20(28)25-2)26(10-12-4-6-14(22)9-15(12)23)19(27)11-29-18-7-5-13(21)8-16(18)24/h4-9,17H,3,10-11H2,1-2H3,(H,25,28)/t17-/m1/s1. The van der Waals surface area contributed by atoms with Crippen LogP contribution in [0.5, 0.6) is 5.75 Å².